The lowest BCUT2D eigenvalue weighted by molar-refractivity contribution is -0.0571. The van der Waals surface area contributed by atoms with Gasteiger partial charge < -0.3 is 4.74 Å². The van der Waals surface area contributed by atoms with E-state index in [1.165, 1.54) is 50.5 Å². The maximum Gasteiger partial charge on any atom is 0.118 e. The summed E-state index contributed by atoms with van der Waals surface area (Å²) in [7, 11) is 1.73. The standard InChI is InChI=1S/C19H25BrO/c1-21-17-4-2-16(3-5-17)18(20)12-19-9-13-6-14(10-19)8-15(7-13)11-19/h2-5,13-15,18H,6-12H2,1H3. The molecule has 0 aliphatic heterocycles. The Kier molecular flexibility index (Phi) is 3.56. The molecular formula is C19H25BrO. The summed E-state index contributed by atoms with van der Waals surface area (Å²) in [5, 5.41) is 0. The highest BCUT2D eigenvalue weighted by molar-refractivity contribution is 9.09. The van der Waals surface area contributed by atoms with Crippen molar-refractivity contribution in [3.8, 4) is 5.75 Å². The van der Waals surface area contributed by atoms with Crippen LogP contribution in [0.15, 0.2) is 24.3 Å². The molecule has 5 rings (SSSR count). The van der Waals surface area contributed by atoms with Crippen LogP contribution in [0.25, 0.3) is 0 Å². The zero-order valence-electron chi connectivity index (χ0n) is 12.9. The molecule has 0 heterocycles. The molecule has 0 spiro atoms. The summed E-state index contributed by atoms with van der Waals surface area (Å²) in [6.45, 7) is 0. The van der Waals surface area contributed by atoms with Crippen molar-refractivity contribution < 1.29 is 4.74 Å². The van der Waals surface area contributed by atoms with E-state index in [1.807, 2.05) is 0 Å². The normalized spacial score (nSPS) is 38.5. The van der Waals surface area contributed by atoms with E-state index in [0.717, 1.165) is 23.5 Å². The van der Waals surface area contributed by atoms with Crippen molar-refractivity contribution in [2.24, 2.45) is 23.2 Å². The van der Waals surface area contributed by atoms with Gasteiger partial charge in [0.2, 0.25) is 0 Å². The minimum atomic E-state index is 0.500. The van der Waals surface area contributed by atoms with E-state index in [2.05, 4.69) is 40.2 Å². The first-order valence-electron chi connectivity index (χ1n) is 8.44. The van der Waals surface area contributed by atoms with Crippen LogP contribution < -0.4 is 4.74 Å². The zero-order chi connectivity index (χ0) is 14.4. The Labute approximate surface area is 136 Å². The van der Waals surface area contributed by atoms with Gasteiger partial charge in [0.25, 0.3) is 0 Å². The Hall–Kier alpha value is -0.500. The molecule has 2 heteroatoms. The van der Waals surface area contributed by atoms with E-state index in [-0.39, 0.29) is 0 Å². The van der Waals surface area contributed by atoms with Gasteiger partial charge in [-0.15, -0.1) is 0 Å². The molecule has 21 heavy (non-hydrogen) atoms. The van der Waals surface area contributed by atoms with Gasteiger partial charge >= 0.3 is 0 Å². The average molecular weight is 349 g/mol. The third-order valence-electron chi connectivity index (χ3n) is 6.25. The summed E-state index contributed by atoms with van der Waals surface area (Å²) in [6, 6.07) is 8.62. The quantitative estimate of drug-likeness (QED) is 0.630. The van der Waals surface area contributed by atoms with Crippen LogP contribution in [0.5, 0.6) is 5.75 Å². The highest BCUT2D eigenvalue weighted by Gasteiger charge is 2.51. The summed E-state index contributed by atoms with van der Waals surface area (Å²) < 4.78 is 5.27. The number of hydrogen-bond acceptors (Lipinski definition) is 1. The Morgan fingerprint density at radius 3 is 2.05 bits per heavy atom. The van der Waals surface area contributed by atoms with Gasteiger partial charge in [0.05, 0.1) is 7.11 Å². The second kappa shape index (κ2) is 5.30. The van der Waals surface area contributed by atoms with E-state index in [9.17, 15) is 0 Å². The molecule has 4 aliphatic rings. The minimum absolute atomic E-state index is 0.500. The molecule has 4 aliphatic carbocycles. The second-order valence-electron chi connectivity index (χ2n) is 7.86. The monoisotopic (exact) mass is 348 g/mol. The lowest BCUT2D eigenvalue weighted by Crippen LogP contribution is -2.46. The SMILES string of the molecule is COc1ccc(C(Br)CC23CC4CC(CC(C4)C2)C3)cc1. The molecule has 4 fully saturated rings. The number of methoxy groups -OCH3 is 1. The highest BCUT2D eigenvalue weighted by atomic mass is 79.9. The van der Waals surface area contributed by atoms with E-state index in [1.54, 1.807) is 7.11 Å². The number of benzene rings is 1. The van der Waals surface area contributed by atoms with Crippen LogP contribution in [-0.4, -0.2) is 7.11 Å². The van der Waals surface area contributed by atoms with Crippen molar-refractivity contribution in [2.45, 2.75) is 49.8 Å². The number of ether oxygens (including phenoxy) is 1. The predicted molar refractivity (Wildman–Crippen MR) is 89.9 cm³/mol. The average Bonchev–Trinajstić information content (AvgIpc) is 2.45. The zero-order valence-corrected chi connectivity index (χ0v) is 14.4. The second-order valence-corrected chi connectivity index (χ2v) is 8.97. The third-order valence-corrected chi connectivity index (χ3v) is 7.11. The van der Waals surface area contributed by atoms with Crippen LogP contribution >= 0.6 is 15.9 Å². The van der Waals surface area contributed by atoms with E-state index < -0.39 is 0 Å². The molecule has 1 nitrogen and oxygen atoms in total. The van der Waals surface area contributed by atoms with Crippen LogP contribution in [0, 0.1) is 23.2 Å². The van der Waals surface area contributed by atoms with Crippen LogP contribution in [0.2, 0.25) is 0 Å². The van der Waals surface area contributed by atoms with E-state index >= 15 is 0 Å². The van der Waals surface area contributed by atoms with Crippen molar-refractivity contribution in [1.29, 1.82) is 0 Å². The molecular weight excluding hydrogens is 324 g/mol. The number of rotatable bonds is 4. The molecule has 0 N–H and O–H groups in total. The largest absolute Gasteiger partial charge is 0.497 e. The topological polar surface area (TPSA) is 9.23 Å². The van der Waals surface area contributed by atoms with Crippen molar-refractivity contribution >= 4 is 15.9 Å². The first kappa shape index (κ1) is 14.1. The van der Waals surface area contributed by atoms with Crippen LogP contribution in [0.3, 0.4) is 0 Å². The predicted octanol–water partition coefficient (Wildman–Crippen LogP) is 5.74. The lowest BCUT2D eigenvalue weighted by atomic mass is 9.48. The fourth-order valence-corrected chi connectivity index (χ4v) is 6.84. The number of alkyl halides is 1. The molecule has 0 radical (unpaired) electrons. The van der Waals surface area contributed by atoms with Gasteiger partial charge in [0, 0.05) is 4.83 Å². The Morgan fingerprint density at radius 2 is 1.57 bits per heavy atom. The van der Waals surface area contributed by atoms with Gasteiger partial charge in [0.1, 0.15) is 5.75 Å². The summed E-state index contributed by atoms with van der Waals surface area (Å²) in [6.07, 6.45) is 10.4. The van der Waals surface area contributed by atoms with Crippen molar-refractivity contribution in [3.63, 3.8) is 0 Å². The molecule has 0 saturated heterocycles. The first-order chi connectivity index (χ1) is 10.2. The fraction of sp³-hybridized carbons (Fsp3) is 0.684. The van der Waals surface area contributed by atoms with Crippen molar-refractivity contribution in [3.05, 3.63) is 29.8 Å². The highest BCUT2D eigenvalue weighted by Crippen LogP contribution is 2.63. The van der Waals surface area contributed by atoms with Crippen molar-refractivity contribution in [2.75, 3.05) is 7.11 Å². The Morgan fingerprint density at radius 1 is 1.05 bits per heavy atom. The van der Waals surface area contributed by atoms with Crippen molar-refractivity contribution in [1.82, 2.24) is 0 Å². The molecule has 1 unspecified atom stereocenters. The van der Waals surface area contributed by atoms with Gasteiger partial charge in [-0.05, 0) is 85.8 Å². The van der Waals surface area contributed by atoms with Gasteiger partial charge in [0.15, 0.2) is 0 Å². The molecule has 1 atom stereocenters. The Bertz CT molecular complexity index is 472. The minimum Gasteiger partial charge on any atom is -0.497 e. The number of halogens is 1. The van der Waals surface area contributed by atoms with Gasteiger partial charge in [-0.2, -0.15) is 0 Å². The van der Waals surface area contributed by atoms with Crippen LogP contribution in [0.1, 0.15) is 55.3 Å². The molecule has 1 aromatic rings. The summed E-state index contributed by atoms with van der Waals surface area (Å²) >= 11 is 3.98. The molecule has 1 aromatic carbocycles. The van der Waals surface area contributed by atoms with E-state index in [0.29, 0.717) is 10.2 Å². The first-order valence-corrected chi connectivity index (χ1v) is 9.35. The third kappa shape index (κ3) is 2.65. The fourth-order valence-electron chi connectivity index (χ4n) is 5.85. The summed E-state index contributed by atoms with van der Waals surface area (Å²) in [4.78, 5) is 0.500. The summed E-state index contributed by atoms with van der Waals surface area (Å²) in [5.41, 5.74) is 2.05. The van der Waals surface area contributed by atoms with Gasteiger partial charge in [-0.3, -0.25) is 0 Å². The maximum absolute atomic E-state index is 5.27. The van der Waals surface area contributed by atoms with Gasteiger partial charge in [-0.1, -0.05) is 28.1 Å². The molecule has 4 saturated carbocycles. The lowest BCUT2D eigenvalue weighted by Gasteiger charge is -2.57. The molecule has 114 valence electrons. The van der Waals surface area contributed by atoms with Gasteiger partial charge in [-0.25, -0.2) is 0 Å². The summed E-state index contributed by atoms with van der Waals surface area (Å²) in [5.74, 6) is 4.10. The molecule has 4 bridgehead atoms. The molecule has 0 amide bonds. The van der Waals surface area contributed by atoms with Crippen LogP contribution in [0.4, 0.5) is 0 Å². The smallest absolute Gasteiger partial charge is 0.118 e. The van der Waals surface area contributed by atoms with E-state index in [4.69, 9.17) is 4.74 Å². The Balaban J connectivity index is 1.49. The number of hydrogen-bond donors (Lipinski definition) is 0. The maximum atomic E-state index is 5.27. The van der Waals surface area contributed by atoms with Crippen LogP contribution in [-0.2, 0) is 0 Å². The molecule has 0 aromatic heterocycles.